The average Bonchev–Trinajstić information content (AvgIpc) is 2.82. The Hall–Kier alpha value is -0.450. The number of rotatable bonds is 8. The normalized spacial score (nSPS) is 16.6. The Bertz CT molecular complexity index is 367. The molecule has 0 amide bonds. The molecule has 0 saturated carbocycles. The van der Waals surface area contributed by atoms with Crippen LogP contribution in [-0.4, -0.2) is 36.0 Å². The second kappa shape index (κ2) is 7.98. The lowest BCUT2D eigenvalue weighted by Crippen LogP contribution is -2.44. The SMILES string of the molecule is CCC(N)C(c1ccc(C)o1)N(C)C(CC)CSC. The van der Waals surface area contributed by atoms with Gasteiger partial charge in [-0.15, -0.1) is 0 Å². The standard InChI is InChI=1S/C15H28N2OS/c1-6-12(10-19-5)17(4)15(13(16)7-2)14-9-8-11(3)18-14/h8-9,12-13,15H,6-7,10,16H2,1-5H3. The predicted octanol–water partition coefficient (Wildman–Crippen LogP) is 3.44. The molecule has 0 aromatic carbocycles. The van der Waals surface area contributed by atoms with Crippen molar-refractivity contribution in [3.8, 4) is 0 Å². The van der Waals surface area contributed by atoms with Gasteiger partial charge in [-0.25, -0.2) is 0 Å². The van der Waals surface area contributed by atoms with E-state index in [1.165, 1.54) is 0 Å². The molecular weight excluding hydrogens is 256 g/mol. The highest BCUT2D eigenvalue weighted by atomic mass is 32.2. The van der Waals surface area contributed by atoms with Crippen molar-refractivity contribution in [1.29, 1.82) is 0 Å². The molecule has 1 aromatic rings. The molecule has 2 N–H and O–H groups in total. The lowest BCUT2D eigenvalue weighted by atomic mass is 10.0. The molecule has 110 valence electrons. The first kappa shape index (κ1) is 16.6. The van der Waals surface area contributed by atoms with E-state index < -0.39 is 0 Å². The fourth-order valence-corrected chi connectivity index (χ4v) is 3.35. The van der Waals surface area contributed by atoms with Gasteiger partial charge in [0.1, 0.15) is 11.5 Å². The molecule has 19 heavy (non-hydrogen) atoms. The quantitative estimate of drug-likeness (QED) is 0.794. The number of nitrogens with two attached hydrogens (primary N) is 1. The summed E-state index contributed by atoms with van der Waals surface area (Å²) in [6.07, 6.45) is 4.23. The van der Waals surface area contributed by atoms with Crippen LogP contribution in [0.25, 0.3) is 0 Å². The van der Waals surface area contributed by atoms with Gasteiger partial charge in [-0.1, -0.05) is 13.8 Å². The van der Waals surface area contributed by atoms with Crippen LogP contribution in [0.2, 0.25) is 0 Å². The van der Waals surface area contributed by atoms with Crippen molar-refractivity contribution < 1.29 is 4.42 Å². The van der Waals surface area contributed by atoms with Gasteiger partial charge in [0.05, 0.1) is 6.04 Å². The summed E-state index contributed by atoms with van der Waals surface area (Å²) in [4.78, 5) is 2.39. The Morgan fingerprint density at radius 2 is 2.00 bits per heavy atom. The molecule has 3 nitrogen and oxygen atoms in total. The van der Waals surface area contributed by atoms with Crippen LogP contribution in [0.5, 0.6) is 0 Å². The summed E-state index contributed by atoms with van der Waals surface area (Å²) in [6, 6.07) is 4.89. The molecule has 1 aromatic heterocycles. The average molecular weight is 284 g/mol. The van der Waals surface area contributed by atoms with E-state index in [1.54, 1.807) is 0 Å². The highest BCUT2D eigenvalue weighted by Crippen LogP contribution is 2.28. The number of thioether (sulfide) groups is 1. The van der Waals surface area contributed by atoms with E-state index >= 15 is 0 Å². The van der Waals surface area contributed by atoms with Crippen LogP contribution in [0.1, 0.15) is 44.3 Å². The summed E-state index contributed by atoms with van der Waals surface area (Å²) in [5.74, 6) is 3.07. The third-order valence-electron chi connectivity index (χ3n) is 3.77. The maximum absolute atomic E-state index is 6.34. The smallest absolute Gasteiger partial charge is 0.122 e. The van der Waals surface area contributed by atoms with Crippen LogP contribution in [0, 0.1) is 6.92 Å². The third kappa shape index (κ3) is 4.26. The first-order valence-electron chi connectivity index (χ1n) is 7.07. The fourth-order valence-electron chi connectivity index (χ4n) is 2.49. The largest absolute Gasteiger partial charge is 0.465 e. The summed E-state index contributed by atoms with van der Waals surface area (Å²) in [5, 5.41) is 0. The van der Waals surface area contributed by atoms with Crippen molar-refractivity contribution >= 4 is 11.8 Å². The van der Waals surface area contributed by atoms with Gasteiger partial charge in [0, 0.05) is 17.8 Å². The van der Waals surface area contributed by atoms with Crippen LogP contribution in [-0.2, 0) is 0 Å². The van der Waals surface area contributed by atoms with Gasteiger partial charge in [0.2, 0.25) is 0 Å². The molecule has 0 aliphatic carbocycles. The highest BCUT2D eigenvalue weighted by Gasteiger charge is 2.29. The second-order valence-electron chi connectivity index (χ2n) is 5.15. The first-order chi connectivity index (χ1) is 9.04. The zero-order valence-electron chi connectivity index (χ0n) is 12.8. The summed E-state index contributed by atoms with van der Waals surface area (Å²) in [6.45, 7) is 6.35. The molecule has 0 aliphatic rings. The van der Waals surface area contributed by atoms with E-state index in [9.17, 15) is 0 Å². The molecule has 3 unspecified atom stereocenters. The molecule has 3 atom stereocenters. The number of furan rings is 1. The van der Waals surface area contributed by atoms with E-state index in [0.29, 0.717) is 6.04 Å². The first-order valence-corrected chi connectivity index (χ1v) is 8.47. The minimum atomic E-state index is 0.103. The molecule has 0 fully saturated rings. The Morgan fingerprint density at radius 3 is 2.42 bits per heavy atom. The Kier molecular flexibility index (Phi) is 6.97. The molecule has 0 aliphatic heterocycles. The monoisotopic (exact) mass is 284 g/mol. The van der Waals surface area contributed by atoms with Crippen molar-refractivity contribution in [2.24, 2.45) is 5.73 Å². The second-order valence-corrected chi connectivity index (χ2v) is 6.06. The molecule has 0 bridgehead atoms. The van der Waals surface area contributed by atoms with Gasteiger partial charge in [0.25, 0.3) is 0 Å². The molecule has 4 heteroatoms. The molecule has 1 rings (SSSR count). The number of nitrogens with zero attached hydrogens (tertiary/aromatic N) is 1. The van der Waals surface area contributed by atoms with Crippen LogP contribution in [0.15, 0.2) is 16.5 Å². The van der Waals surface area contributed by atoms with E-state index in [-0.39, 0.29) is 12.1 Å². The highest BCUT2D eigenvalue weighted by molar-refractivity contribution is 7.98. The van der Waals surface area contributed by atoms with E-state index in [2.05, 4.69) is 38.1 Å². The maximum Gasteiger partial charge on any atom is 0.122 e. The fraction of sp³-hybridized carbons (Fsp3) is 0.733. The minimum Gasteiger partial charge on any atom is -0.465 e. The van der Waals surface area contributed by atoms with Crippen molar-refractivity contribution in [2.75, 3.05) is 19.1 Å². The summed E-state index contributed by atoms with van der Waals surface area (Å²) < 4.78 is 5.83. The third-order valence-corrected chi connectivity index (χ3v) is 4.49. The number of hydrogen-bond donors (Lipinski definition) is 1. The molecule has 1 heterocycles. The number of likely N-dealkylation sites (N-methyl/N-ethyl adjacent to an activating group) is 1. The maximum atomic E-state index is 6.34. The van der Waals surface area contributed by atoms with Crippen LogP contribution in [0.3, 0.4) is 0 Å². The molecule has 0 spiro atoms. The summed E-state index contributed by atoms with van der Waals surface area (Å²) in [7, 11) is 2.17. The van der Waals surface area contributed by atoms with Gasteiger partial charge < -0.3 is 10.2 Å². The summed E-state index contributed by atoms with van der Waals surface area (Å²) >= 11 is 1.89. The molecule has 0 radical (unpaired) electrons. The van der Waals surface area contributed by atoms with E-state index in [4.69, 9.17) is 10.2 Å². The van der Waals surface area contributed by atoms with Gasteiger partial charge in [-0.2, -0.15) is 11.8 Å². The lowest BCUT2D eigenvalue weighted by molar-refractivity contribution is 0.137. The van der Waals surface area contributed by atoms with Gasteiger partial charge in [-0.05, 0) is 45.2 Å². The Balaban J connectivity index is 2.96. The van der Waals surface area contributed by atoms with E-state index in [1.807, 2.05) is 24.8 Å². The van der Waals surface area contributed by atoms with Gasteiger partial charge in [0.15, 0.2) is 0 Å². The van der Waals surface area contributed by atoms with Crippen molar-refractivity contribution in [3.63, 3.8) is 0 Å². The van der Waals surface area contributed by atoms with Crippen LogP contribution < -0.4 is 5.73 Å². The zero-order valence-corrected chi connectivity index (χ0v) is 13.7. The minimum absolute atomic E-state index is 0.103. The van der Waals surface area contributed by atoms with Crippen molar-refractivity contribution in [1.82, 2.24) is 4.90 Å². The van der Waals surface area contributed by atoms with E-state index in [0.717, 1.165) is 30.1 Å². The van der Waals surface area contributed by atoms with Crippen molar-refractivity contribution in [3.05, 3.63) is 23.7 Å². The van der Waals surface area contributed by atoms with Gasteiger partial charge >= 0.3 is 0 Å². The lowest BCUT2D eigenvalue weighted by Gasteiger charge is -2.36. The Labute approximate surface area is 121 Å². The predicted molar refractivity (Wildman–Crippen MR) is 84.7 cm³/mol. The molecular formula is C15H28N2OS. The van der Waals surface area contributed by atoms with Crippen LogP contribution >= 0.6 is 11.8 Å². The Morgan fingerprint density at radius 1 is 1.32 bits per heavy atom. The summed E-state index contributed by atoms with van der Waals surface area (Å²) in [5.41, 5.74) is 6.34. The zero-order chi connectivity index (χ0) is 14.4. The number of aryl methyl sites for hydroxylation is 1. The van der Waals surface area contributed by atoms with Gasteiger partial charge in [-0.3, -0.25) is 4.90 Å². The topological polar surface area (TPSA) is 42.4 Å². The number of hydrogen-bond acceptors (Lipinski definition) is 4. The molecule has 0 saturated heterocycles. The van der Waals surface area contributed by atoms with Crippen LogP contribution in [0.4, 0.5) is 0 Å². The van der Waals surface area contributed by atoms with Crippen molar-refractivity contribution in [2.45, 2.75) is 51.7 Å².